The molecule has 0 unspecified atom stereocenters. The number of rotatable bonds is 5. The Kier molecular flexibility index (Phi) is 4.39. The summed E-state index contributed by atoms with van der Waals surface area (Å²) in [6.07, 6.45) is 1.79. The molecule has 1 aliphatic carbocycles. The molecule has 1 aromatic rings. The fraction of sp³-hybridized carbons (Fsp3) is 0.556. The number of carboxylic acid groups (broad SMARTS) is 1. The van der Waals surface area contributed by atoms with Crippen molar-refractivity contribution in [3.05, 3.63) is 35.9 Å². The lowest BCUT2D eigenvalue weighted by Gasteiger charge is -2.39. The molecule has 2 aliphatic rings. The van der Waals surface area contributed by atoms with Gasteiger partial charge in [-0.05, 0) is 31.7 Å². The van der Waals surface area contributed by atoms with Gasteiger partial charge < -0.3 is 14.7 Å². The molecule has 2 atom stereocenters. The van der Waals surface area contributed by atoms with Crippen molar-refractivity contribution in [3.8, 4) is 0 Å². The van der Waals surface area contributed by atoms with Crippen LogP contribution in [0.15, 0.2) is 30.3 Å². The summed E-state index contributed by atoms with van der Waals surface area (Å²) < 4.78 is 5.48. The molecule has 5 heteroatoms. The highest BCUT2D eigenvalue weighted by atomic mass is 16.5. The standard InChI is InChI=1S/C18H23NO4/c1-2-23-15-12-14(15)16(20)19-10-8-18(9-11-19,17(21)22)13-6-4-3-5-7-13/h3-7,14-15H,2,8-12H2,1H3,(H,21,22)/t14-,15-/m1/s1. The van der Waals surface area contributed by atoms with E-state index in [1.54, 1.807) is 0 Å². The van der Waals surface area contributed by atoms with Gasteiger partial charge in [-0.3, -0.25) is 9.59 Å². The third kappa shape index (κ3) is 2.98. The van der Waals surface area contributed by atoms with Crippen LogP contribution in [0.3, 0.4) is 0 Å². The van der Waals surface area contributed by atoms with Crippen LogP contribution in [-0.4, -0.2) is 47.7 Å². The SMILES string of the molecule is CCO[C@@H]1C[C@H]1C(=O)N1CCC(C(=O)O)(c2ccccc2)CC1. The van der Waals surface area contributed by atoms with E-state index in [-0.39, 0.29) is 17.9 Å². The number of carboxylic acids is 1. The van der Waals surface area contributed by atoms with Crippen LogP contribution in [0.25, 0.3) is 0 Å². The lowest BCUT2D eigenvalue weighted by Crippen LogP contribution is -2.49. The summed E-state index contributed by atoms with van der Waals surface area (Å²) in [4.78, 5) is 26.2. The topological polar surface area (TPSA) is 66.8 Å². The van der Waals surface area contributed by atoms with Crippen molar-refractivity contribution in [2.75, 3.05) is 19.7 Å². The third-order valence-corrected chi connectivity index (χ3v) is 5.09. The van der Waals surface area contributed by atoms with Gasteiger partial charge >= 0.3 is 5.97 Å². The number of aliphatic carboxylic acids is 1. The van der Waals surface area contributed by atoms with E-state index in [4.69, 9.17) is 4.74 Å². The third-order valence-electron chi connectivity index (χ3n) is 5.09. The fourth-order valence-electron chi connectivity index (χ4n) is 3.56. The van der Waals surface area contributed by atoms with Gasteiger partial charge in [-0.1, -0.05) is 30.3 Å². The Balaban J connectivity index is 1.67. The van der Waals surface area contributed by atoms with Crippen LogP contribution >= 0.6 is 0 Å². The minimum Gasteiger partial charge on any atom is -0.481 e. The predicted molar refractivity (Wildman–Crippen MR) is 85.1 cm³/mol. The Bertz CT molecular complexity index is 578. The van der Waals surface area contributed by atoms with Gasteiger partial charge in [0.15, 0.2) is 0 Å². The first-order valence-electron chi connectivity index (χ1n) is 8.28. The van der Waals surface area contributed by atoms with E-state index in [9.17, 15) is 14.7 Å². The van der Waals surface area contributed by atoms with Gasteiger partial charge in [0.2, 0.25) is 5.91 Å². The molecule has 1 aromatic carbocycles. The van der Waals surface area contributed by atoms with Gasteiger partial charge in [-0.15, -0.1) is 0 Å². The average molecular weight is 317 g/mol. The molecule has 1 amide bonds. The lowest BCUT2D eigenvalue weighted by molar-refractivity contribution is -0.148. The van der Waals surface area contributed by atoms with Crippen molar-refractivity contribution in [3.63, 3.8) is 0 Å². The molecule has 1 aliphatic heterocycles. The Morgan fingerprint density at radius 2 is 1.91 bits per heavy atom. The van der Waals surface area contributed by atoms with Gasteiger partial charge in [0.25, 0.3) is 0 Å². The maximum Gasteiger partial charge on any atom is 0.314 e. The molecule has 1 saturated carbocycles. The second kappa shape index (κ2) is 6.32. The molecule has 1 heterocycles. The van der Waals surface area contributed by atoms with E-state index in [0.29, 0.717) is 32.5 Å². The van der Waals surface area contributed by atoms with Crippen molar-refractivity contribution >= 4 is 11.9 Å². The minimum atomic E-state index is -0.874. The van der Waals surface area contributed by atoms with E-state index < -0.39 is 11.4 Å². The summed E-state index contributed by atoms with van der Waals surface area (Å²) in [5.74, 6) is -0.700. The summed E-state index contributed by atoms with van der Waals surface area (Å²) in [6, 6.07) is 9.37. The number of piperidine rings is 1. The van der Waals surface area contributed by atoms with E-state index in [2.05, 4.69) is 0 Å². The first-order chi connectivity index (χ1) is 11.1. The Morgan fingerprint density at radius 3 is 2.48 bits per heavy atom. The van der Waals surface area contributed by atoms with E-state index in [0.717, 1.165) is 12.0 Å². The molecular formula is C18H23NO4. The molecule has 124 valence electrons. The van der Waals surface area contributed by atoms with Crippen LogP contribution < -0.4 is 0 Å². The molecule has 2 fully saturated rings. The van der Waals surface area contributed by atoms with Crippen molar-refractivity contribution in [2.24, 2.45) is 5.92 Å². The van der Waals surface area contributed by atoms with Gasteiger partial charge in [-0.25, -0.2) is 0 Å². The maximum atomic E-state index is 12.5. The van der Waals surface area contributed by atoms with Crippen LogP contribution in [-0.2, 0) is 19.7 Å². The number of ether oxygens (including phenoxy) is 1. The van der Waals surface area contributed by atoms with Crippen LogP contribution in [0.4, 0.5) is 0 Å². The van der Waals surface area contributed by atoms with Gasteiger partial charge in [-0.2, -0.15) is 0 Å². The molecule has 5 nitrogen and oxygen atoms in total. The van der Waals surface area contributed by atoms with Crippen LogP contribution in [0.5, 0.6) is 0 Å². The second-order valence-electron chi connectivity index (χ2n) is 6.41. The summed E-state index contributed by atoms with van der Waals surface area (Å²) in [7, 11) is 0. The highest BCUT2D eigenvalue weighted by molar-refractivity contribution is 5.84. The predicted octanol–water partition coefficient (Wildman–Crippen LogP) is 2.06. The number of likely N-dealkylation sites (tertiary alicyclic amines) is 1. The summed E-state index contributed by atoms with van der Waals surface area (Å²) in [5, 5.41) is 9.78. The lowest BCUT2D eigenvalue weighted by atomic mass is 9.73. The first-order valence-corrected chi connectivity index (χ1v) is 8.28. The highest BCUT2D eigenvalue weighted by Gasteiger charge is 2.49. The number of nitrogens with zero attached hydrogens (tertiary/aromatic N) is 1. The van der Waals surface area contributed by atoms with Crippen molar-refractivity contribution in [1.29, 1.82) is 0 Å². The van der Waals surface area contributed by atoms with Gasteiger partial charge in [0, 0.05) is 19.7 Å². The molecule has 0 aromatic heterocycles. The zero-order chi connectivity index (χ0) is 16.4. The van der Waals surface area contributed by atoms with E-state index in [1.807, 2.05) is 42.2 Å². The first kappa shape index (κ1) is 16.0. The highest BCUT2D eigenvalue weighted by Crippen LogP contribution is 2.39. The molecule has 3 rings (SSSR count). The van der Waals surface area contributed by atoms with Crippen LogP contribution in [0.2, 0.25) is 0 Å². The molecule has 1 saturated heterocycles. The average Bonchev–Trinajstić information content (AvgIpc) is 3.34. The molecule has 23 heavy (non-hydrogen) atoms. The van der Waals surface area contributed by atoms with Crippen molar-refractivity contribution in [2.45, 2.75) is 37.7 Å². The Hall–Kier alpha value is -1.88. The van der Waals surface area contributed by atoms with E-state index >= 15 is 0 Å². The quantitative estimate of drug-likeness (QED) is 0.902. The Labute approximate surface area is 136 Å². The van der Waals surface area contributed by atoms with E-state index in [1.165, 1.54) is 0 Å². The number of carbonyl (C=O) groups is 2. The van der Waals surface area contributed by atoms with Crippen molar-refractivity contribution in [1.82, 2.24) is 4.90 Å². The zero-order valence-corrected chi connectivity index (χ0v) is 13.4. The van der Waals surface area contributed by atoms with Crippen LogP contribution in [0.1, 0.15) is 31.7 Å². The fourth-order valence-corrected chi connectivity index (χ4v) is 3.56. The minimum absolute atomic E-state index is 0.0241. The normalized spacial score (nSPS) is 25.9. The van der Waals surface area contributed by atoms with Gasteiger partial charge in [0.1, 0.15) is 0 Å². The largest absolute Gasteiger partial charge is 0.481 e. The summed E-state index contributed by atoms with van der Waals surface area (Å²) in [5.41, 5.74) is -0.0424. The van der Waals surface area contributed by atoms with Crippen molar-refractivity contribution < 1.29 is 19.4 Å². The molecular weight excluding hydrogens is 294 g/mol. The zero-order valence-electron chi connectivity index (χ0n) is 13.4. The number of carbonyl (C=O) groups excluding carboxylic acids is 1. The summed E-state index contributed by atoms with van der Waals surface area (Å²) in [6.45, 7) is 3.55. The number of hydrogen-bond donors (Lipinski definition) is 1. The molecule has 0 radical (unpaired) electrons. The molecule has 1 N–H and O–H groups in total. The number of hydrogen-bond acceptors (Lipinski definition) is 3. The molecule has 0 bridgehead atoms. The smallest absolute Gasteiger partial charge is 0.314 e. The molecule has 0 spiro atoms. The van der Waals surface area contributed by atoms with Gasteiger partial charge in [0.05, 0.1) is 17.4 Å². The maximum absolute atomic E-state index is 12.5. The number of benzene rings is 1. The number of amides is 1. The Morgan fingerprint density at radius 1 is 1.26 bits per heavy atom. The monoisotopic (exact) mass is 317 g/mol. The summed E-state index contributed by atoms with van der Waals surface area (Å²) >= 11 is 0. The van der Waals surface area contributed by atoms with Crippen LogP contribution in [0, 0.1) is 5.92 Å². The second-order valence-corrected chi connectivity index (χ2v) is 6.41.